The molecule has 2 heterocycles. The Morgan fingerprint density at radius 3 is 2.79 bits per heavy atom. The van der Waals surface area contributed by atoms with Crippen LogP contribution >= 0.6 is 23.4 Å². The first-order chi connectivity index (χ1) is 14.1. The number of nitrogens with zero attached hydrogens (tertiary/aromatic N) is 3. The Kier molecular flexibility index (Phi) is 5.87. The number of ether oxygens (including phenoxy) is 1. The molecular formula is C21H18ClN3O3S. The Balaban J connectivity index is 1.52. The van der Waals surface area contributed by atoms with Crippen molar-refractivity contribution in [1.29, 1.82) is 0 Å². The van der Waals surface area contributed by atoms with E-state index < -0.39 is 0 Å². The van der Waals surface area contributed by atoms with Crippen molar-refractivity contribution in [3.63, 3.8) is 0 Å². The lowest BCUT2D eigenvalue weighted by Gasteiger charge is -2.29. The number of para-hydroxylation sites is 1. The van der Waals surface area contributed by atoms with Gasteiger partial charge >= 0.3 is 0 Å². The summed E-state index contributed by atoms with van der Waals surface area (Å²) in [6.07, 6.45) is 0. The van der Waals surface area contributed by atoms with Crippen LogP contribution in [-0.2, 0) is 6.54 Å². The zero-order valence-electron chi connectivity index (χ0n) is 15.5. The normalized spacial score (nSPS) is 13.1. The van der Waals surface area contributed by atoms with Gasteiger partial charge in [-0.3, -0.25) is 9.59 Å². The van der Waals surface area contributed by atoms with Gasteiger partial charge in [0.2, 0.25) is 0 Å². The molecule has 8 heteroatoms. The molecule has 6 nitrogen and oxygen atoms in total. The Bertz CT molecular complexity index is 1090. The molecule has 0 spiro atoms. The number of rotatable bonds is 5. The molecule has 0 aliphatic carbocycles. The lowest BCUT2D eigenvalue weighted by Crippen LogP contribution is -2.37. The lowest BCUT2D eigenvalue weighted by atomic mass is 10.2. The number of hydrogen-bond donors (Lipinski definition) is 0. The predicted octanol–water partition coefficient (Wildman–Crippen LogP) is 3.73. The van der Waals surface area contributed by atoms with Gasteiger partial charge in [-0.1, -0.05) is 29.8 Å². The van der Waals surface area contributed by atoms with Crippen molar-refractivity contribution >= 4 is 35.0 Å². The zero-order valence-corrected chi connectivity index (χ0v) is 17.0. The van der Waals surface area contributed by atoms with Crippen LogP contribution in [0.4, 0.5) is 5.69 Å². The summed E-state index contributed by atoms with van der Waals surface area (Å²) in [7, 11) is 0. The molecule has 0 saturated carbocycles. The van der Waals surface area contributed by atoms with Gasteiger partial charge in [-0.15, -0.1) is 11.8 Å². The largest absolute Gasteiger partial charge is 0.492 e. The van der Waals surface area contributed by atoms with E-state index in [4.69, 9.17) is 16.3 Å². The van der Waals surface area contributed by atoms with E-state index in [2.05, 4.69) is 5.10 Å². The molecule has 1 aromatic heterocycles. The number of benzene rings is 2. The van der Waals surface area contributed by atoms with Crippen LogP contribution in [0.15, 0.2) is 70.4 Å². The van der Waals surface area contributed by atoms with Crippen LogP contribution in [0.5, 0.6) is 5.75 Å². The molecule has 0 saturated heterocycles. The maximum Gasteiger partial charge on any atom is 0.278 e. The van der Waals surface area contributed by atoms with Crippen LogP contribution in [-0.4, -0.2) is 34.6 Å². The number of aromatic nitrogens is 2. The van der Waals surface area contributed by atoms with Gasteiger partial charge < -0.3 is 9.64 Å². The zero-order chi connectivity index (χ0) is 20.2. The molecule has 0 bridgehead atoms. The van der Waals surface area contributed by atoms with E-state index in [1.165, 1.54) is 16.8 Å². The second kappa shape index (κ2) is 8.71. The van der Waals surface area contributed by atoms with E-state index in [-0.39, 0.29) is 30.3 Å². The van der Waals surface area contributed by atoms with Gasteiger partial charge in [-0.25, -0.2) is 4.68 Å². The highest BCUT2D eigenvalue weighted by Crippen LogP contribution is 2.37. The van der Waals surface area contributed by atoms with Crippen LogP contribution < -0.4 is 15.2 Å². The Morgan fingerprint density at radius 1 is 1.14 bits per heavy atom. The Labute approximate surface area is 177 Å². The fourth-order valence-corrected chi connectivity index (χ4v) is 4.17. The first kappa shape index (κ1) is 19.5. The second-order valence-corrected chi connectivity index (χ2v) is 7.93. The highest BCUT2D eigenvalue weighted by molar-refractivity contribution is 7.99. The maximum absolute atomic E-state index is 13.1. The predicted molar refractivity (Wildman–Crippen MR) is 114 cm³/mol. The molecule has 3 aromatic rings. The third kappa shape index (κ3) is 4.46. The number of carbonyl (C=O) groups is 1. The minimum atomic E-state index is -0.282. The van der Waals surface area contributed by atoms with E-state index in [1.807, 2.05) is 42.5 Å². The Hall–Kier alpha value is -2.77. The maximum atomic E-state index is 13.1. The van der Waals surface area contributed by atoms with Crippen LogP contribution in [0.25, 0.3) is 0 Å². The molecule has 0 radical (unpaired) electrons. The lowest BCUT2D eigenvalue weighted by molar-refractivity contribution is 0.0980. The quantitative estimate of drug-likeness (QED) is 0.620. The number of anilines is 1. The van der Waals surface area contributed by atoms with Crippen molar-refractivity contribution in [2.75, 3.05) is 23.8 Å². The van der Waals surface area contributed by atoms with Crippen molar-refractivity contribution in [2.24, 2.45) is 0 Å². The minimum Gasteiger partial charge on any atom is -0.492 e. The second-order valence-electron chi connectivity index (χ2n) is 6.36. The first-order valence-electron chi connectivity index (χ1n) is 9.12. The molecule has 0 fully saturated rings. The third-order valence-electron chi connectivity index (χ3n) is 4.43. The van der Waals surface area contributed by atoms with E-state index in [0.29, 0.717) is 17.3 Å². The molecule has 4 rings (SSSR count). The first-order valence-corrected chi connectivity index (χ1v) is 10.5. The molecule has 0 atom stereocenters. The molecule has 0 N–H and O–H groups in total. The molecule has 148 valence electrons. The smallest absolute Gasteiger partial charge is 0.278 e. The number of carbonyl (C=O) groups excluding carboxylic acids is 1. The van der Waals surface area contributed by atoms with E-state index in [9.17, 15) is 9.59 Å². The summed E-state index contributed by atoms with van der Waals surface area (Å²) in [5, 5.41) is 4.84. The van der Waals surface area contributed by atoms with E-state index in [0.717, 1.165) is 16.3 Å². The summed E-state index contributed by atoms with van der Waals surface area (Å²) in [5.41, 5.74) is 0.698. The SMILES string of the molecule is O=C(c1ccc(=O)n(CCOc2ccccc2)n1)N1CCSc2ccc(Cl)cc21. The fourth-order valence-electron chi connectivity index (χ4n) is 3.03. The minimum absolute atomic E-state index is 0.210. The van der Waals surface area contributed by atoms with Crippen LogP contribution in [0, 0.1) is 0 Å². The van der Waals surface area contributed by atoms with Gasteiger partial charge in [0.1, 0.15) is 18.1 Å². The summed E-state index contributed by atoms with van der Waals surface area (Å²) in [4.78, 5) is 27.9. The highest BCUT2D eigenvalue weighted by atomic mass is 35.5. The van der Waals surface area contributed by atoms with Crippen LogP contribution in [0.2, 0.25) is 5.02 Å². The van der Waals surface area contributed by atoms with Crippen LogP contribution in [0.1, 0.15) is 10.5 Å². The molecule has 2 aromatic carbocycles. The van der Waals surface area contributed by atoms with Crippen molar-refractivity contribution in [2.45, 2.75) is 11.4 Å². The van der Waals surface area contributed by atoms with Crippen LogP contribution in [0.3, 0.4) is 0 Å². The topological polar surface area (TPSA) is 64.4 Å². The standard InChI is InChI=1S/C21H18ClN3O3S/c22-15-6-8-19-18(14-15)24(11-13-29-19)21(27)17-7-9-20(26)25(23-17)10-12-28-16-4-2-1-3-5-16/h1-9,14H,10-13H2. The summed E-state index contributed by atoms with van der Waals surface area (Å²) in [6.45, 7) is 1.06. The fraction of sp³-hybridized carbons (Fsp3) is 0.190. The molecule has 1 amide bonds. The van der Waals surface area contributed by atoms with Gasteiger partial charge in [0.15, 0.2) is 0 Å². The Morgan fingerprint density at radius 2 is 1.97 bits per heavy atom. The number of hydrogen-bond acceptors (Lipinski definition) is 5. The average Bonchev–Trinajstić information content (AvgIpc) is 2.75. The van der Waals surface area contributed by atoms with Crippen molar-refractivity contribution in [3.8, 4) is 5.75 Å². The van der Waals surface area contributed by atoms with Gasteiger partial charge in [0.05, 0.1) is 12.2 Å². The summed E-state index contributed by atoms with van der Waals surface area (Å²) >= 11 is 7.81. The monoisotopic (exact) mass is 427 g/mol. The number of halogens is 1. The third-order valence-corrected chi connectivity index (χ3v) is 5.71. The number of thioether (sulfide) groups is 1. The summed E-state index contributed by atoms with van der Waals surface area (Å²) in [6, 6.07) is 17.7. The van der Waals surface area contributed by atoms with Gasteiger partial charge in [0.25, 0.3) is 11.5 Å². The van der Waals surface area contributed by atoms with Gasteiger partial charge in [-0.2, -0.15) is 5.10 Å². The molecule has 0 unspecified atom stereocenters. The highest BCUT2D eigenvalue weighted by Gasteiger charge is 2.25. The molecule has 29 heavy (non-hydrogen) atoms. The molecule has 1 aliphatic heterocycles. The summed E-state index contributed by atoms with van der Waals surface area (Å²) < 4.78 is 6.89. The number of amides is 1. The average molecular weight is 428 g/mol. The number of fused-ring (bicyclic) bond motifs is 1. The van der Waals surface area contributed by atoms with Crippen molar-refractivity contribution in [3.05, 3.63) is 81.7 Å². The molecular weight excluding hydrogens is 410 g/mol. The van der Waals surface area contributed by atoms with Crippen molar-refractivity contribution < 1.29 is 9.53 Å². The van der Waals surface area contributed by atoms with Gasteiger partial charge in [-0.05, 0) is 36.4 Å². The van der Waals surface area contributed by atoms with Gasteiger partial charge in [0, 0.05) is 28.3 Å². The van der Waals surface area contributed by atoms with Crippen molar-refractivity contribution in [1.82, 2.24) is 9.78 Å². The van der Waals surface area contributed by atoms with E-state index >= 15 is 0 Å². The van der Waals surface area contributed by atoms with E-state index in [1.54, 1.807) is 22.7 Å². The molecule has 1 aliphatic rings. The summed E-state index contributed by atoms with van der Waals surface area (Å²) in [5.74, 6) is 1.24.